The van der Waals surface area contributed by atoms with E-state index in [-0.39, 0.29) is 48.5 Å². The van der Waals surface area contributed by atoms with Gasteiger partial charge in [-0.3, -0.25) is 14.4 Å². The van der Waals surface area contributed by atoms with Gasteiger partial charge in [0.1, 0.15) is 24.7 Å². The zero-order valence-corrected chi connectivity index (χ0v) is 12.3. The first kappa shape index (κ1) is 16.9. The van der Waals surface area contributed by atoms with E-state index in [1.54, 1.807) is 6.92 Å². The van der Waals surface area contributed by atoms with E-state index < -0.39 is 0 Å². The zero-order chi connectivity index (χ0) is 15.7. The van der Waals surface area contributed by atoms with Crippen molar-refractivity contribution in [3.63, 3.8) is 0 Å². The van der Waals surface area contributed by atoms with Crippen molar-refractivity contribution >= 4 is 11.9 Å². The normalized spacial score (nSPS) is 10.2. The van der Waals surface area contributed by atoms with Crippen LogP contribution in [0.1, 0.15) is 51.1 Å². The van der Waals surface area contributed by atoms with Crippen LogP contribution in [0.15, 0.2) is 21.3 Å². The largest absolute Gasteiger partial charge is 0.459 e. The van der Waals surface area contributed by atoms with Crippen molar-refractivity contribution < 1.29 is 23.5 Å². The molecule has 0 saturated carbocycles. The summed E-state index contributed by atoms with van der Waals surface area (Å²) in [4.78, 5) is 33.9. The van der Waals surface area contributed by atoms with Crippen molar-refractivity contribution in [3.8, 4) is 0 Å². The van der Waals surface area contributed by atoms with Crippen LogP contribution in [0.25, 0.3) is 0 Å². The standard InChI is InChI=1S/C15H20O6/c1-3-5-6-15(18)20-10-13-8-11(16)7-12(21-13)9-19-14(17)4-2/h7-8H,3-6,9-10H2,1-2H3. The minimum absolute atomic E-state index is 0.104. The predicted octanol–water partition coefficient (Wildman–Crippen LogP) is 2.33. The van der Waals surface area contributed by atoms with Gasteiger partial charge in [0.2, 0.25) is 0 Å². The number of ether oxygens (including phenoxy) is 2. The maximum absolute atomic E-state index is 11.5. The molecule has 0 atom stereocenters. The van der Waals surface area contributed by atoms with Gasteiger partial charge in [-0.25, -0.2) is 0 Å². The lowest BCUT2D eigenvalue weighted by atomic mass is 10.2. The molecular formula is C15H20O6. The van der Waals surface area contributed by atoms with Crippen LogP contribution < -0.4 is 5.43 Å². The second kappa shape index (κ2) is 8.94. The molecule has 116 valence electrons. The first-order valence-electron chi connectivity index (χ1n) is 6.99. The Balaban J connectivity index is 2.58. The molecule has 0 bridgehead atoms. The number of rotatable bonds is 8. The highest BCUT2D eigenvalue weighted by Crippen LogP contribution is 2.07. The molecule has 1 aromatic heterocycles. The van der Waals surface area contributed by atoms with Crippen LogP contribution in [0.4, 0.5) is 0 Å². The lowest BCUT2D eigenvalue weighted by Gasteiger charge is -2.06. The van der Waals surface area contributed by atoms with Gasteiger partial charge in [-0.05, 0) is 6.42 Å². The molecule has 0 spiro atoms. The molecular weight excluding hydrogens is 276 g/mol. The van der Waals surface area contributed by atoms with Crippen molar-refractivity contribution in [1.29, 1.82) is 0 Å². The summed E-state index contributed by atoms with van der Waals surface area (Å²) in [6, 6.07) is 2.49. The summed E-state index contributed by atoms with van der Waals surface area (Å²) in [6.07, 6.45) is 2.26. The van der Waals surface area contributed by atoms with E-state index in [1.165, 1.54) is 12.1 Å². The van der Waals surface area contributed by atoms with Crippen LogP contribution in [-0.2, 0) is 32.3 Å². The third-order valence-corrected chi connectivity index (χ3v) is 2.64. The Morgan fingerprint density at radius 1 is 1.05 bits per heavy atom. The fourth-order valence-electron chi connectivity index (χ4n) is 1.53. The molecule has 6 heteroatoms. The minimum Gasteiger partial charge on any atom is -0.459 e. The number of carbonyl (C=O) groups excluding carboxylic acids is 2. The Morgan fingerprint density at radius 2 is 1.62 bits per heavy atom. The van der Waals surface area contributed by atoms with Gasteiger partial charge in [0.15, 0.2) is 5.43 Å². The molecule has 0 aliphatic carbocycles. The summed E-state index contributed by atoms with van der Waals surface area (Å²) in [5.41, 5.74) is -0.289. The first-order chi connectivity index (χ1) is 10.0. The summed E-state index contributed by atoms with van der Waals surface area (Å²) in [5, 5.41) is 0. The number of hydrogen-bond donors (Lipinski definition) is 0. The maximum atomic E-state index is 11.5. The Morgan fingerprint density at radius 3 is 2.14 bits per heavy atom. The first-order valence-corrected chi connectivity index (χ1v) is 6.99. The van der Waals surface area contributed by atoms with Crippen LogP contribution in [0, 0.1) is 0 Å². The van der Waals surface area contributed by atoms with Crippen molar-refractivity contribution in [2.45, 2.75) is 52.7 Å². The van der Waals surface area contributed by atoms with Gasteiger partial charge in [-0.1, -0.05) is 20.3 Å². The van der Waals surface area contributed by atoms with Gasteiger partial charge in [-0.2, -0.15) is 0 Å². The highest BCUT2D eigenvalue weighted by Gasteiger charge is 2.08. The molecule has 0 aliphatic heterocycles. The van der Waals surface area contributed by atoms with E-state index in [9.17, 15) is 14.4 Å². The van der Waals surface area contributed by atoms with E-state index in [4.69, 9.17) is 13.9 Å². The van der Waals surface area contributed by atoms with Crippen LogP contribution in [-0.4, -0.2) is 11.9 Å². The lowest BCUT2D eigenvalue weighted by Crippen LogP contribution is -2.09. The molecule has 0 N–H and O–H groups in total. The van der Waals surface area contributed by atoms with Crippen molar-refractivity contribution in [1.82, 2.24) is 0 Å². The average Bonchev–Trinajstić information content (AvgIpc) is 2.48. The Hall–Kier alpha value is -2.11. The SMILES string of the molecule is CCCCC(=O)OCc1cc(=O)cc(COC(=O)CC)o1. The van der Waals surface area contributed by atoms with Crippen molar-refractivity contribution in [2.75, 3.05) is 0 Å². The predicted molar refractivity (Wildman–Crippen MR) is 74.4 cm³/mol. The van der Waals surface area contributed by atoms with Crippen molar-refractivity contribution in [3.05, 3.63) is 33.9 Å². The second-order valence-electron chi connectivity index (χ2n) is 4.50. The number of carbonyl (C=O) groups is 2. The van der Waals surface area contributed by atoms with Gasteiger partial charge in [0.25, 0.3) is 0 Å². The van der Waals surface area contributed by atoms with Crippen LogP contribution in [0.5, 0.6) is 0 Å². The fourth-order valence-corrected chi connectivity index (χ4v) is 1.53. The molecule has 1 aromatic rings. The van der Waals surface area contributed by atoms with Crippen LogP contribution >= 0.6 is 0 Å². The van der Waals surface area contributed by atoms with E-state index >= 15 is 0 Å². The molecule has 1 rings (SSSR count). The molecule has 0 aliphatic rings. The van der Waals surface area contributed by atoms with Gasteiger partial charge >= 0.3 is 11.9 Å². The van der Waals surface area contributed by atoms with E-state index in [0.717, 1.165) is 12.8 Å². The van der Waals surface area contributed by atoms with Gasteiger partial charge < -0.3 is 13.9 Å². The smallest absolute Gasteiger partial charge is 0.306 e. The Kier molecular flexibility index (Phi) is 7.21. The molecule has 1 heterocycles. The average molecular weight is 296 g/mol. The lowest BCUT2D eigenvalue weighted by molar-refractivity contribution is -0.145. The highest BCUT2D eigenvalue weighted by molar-refractivity contribution is 5.69. The Bertz CT molecular complexity index is 531. The van der Waals surface area contributed by atoms with E-state index in [0.29, 0.717) is 6.42 Å². The summed E-state index contributed by atoms with van der Waals surface area (Å²) < 4.78 is 15.2. The molecule has 0 radical (unpaired) electrons. The van der Waals surface area contributed by atoms with Crippen LogP contribution in [0.2, 0.25) is 0 Å². The second-order valence-corrected chi connectivity index (χ2v) is 4.50. The van der Waals surface area contributed by atoms with Gasteiger partial charge in [0, 0.05) is 25.0 Å². The number of hydrogen-bond acceptors (Lipinski definition) is 6. The number of unbranched alkanes of at least 4 members (excludes halogenated alkanes) is 1. The molecule has 0 aromatic carbocycles. The van der Waals surface area contributed by atoms with Gasteiger partial charge in [-0.15, -0.1) is 0 Å². The fraction of sp³-hybridized carbons (Fsp3) is 0.533. The molecule has 0 amide bonds. The third kappa shape index (κ3) is 6.74. The van der Waals surface area contributed by atoms with Gasteiger partial charge in [0.05, 0.1) is 0 Å². The summed E-state index contributed by atoms with van der Waals surface area (Å²) in [6.45, 7) is 3.44. The summed E-state index contributed by atoms with van der Waals surface area (Å²) >= 11 is 0. The summed E-state index contributed by atoms with van der Waals surface area (Å²) in [5.74, 6) is -0.254. The summed E-state index contributed by atoms with van der Waals surface area (Å²) in [7, 11) is 0. The van der Waals surface area contributed by atoms with Crippen molar-refractivity contribution in [2.24, 2.45) is 0 Å². The monoisotopic (exact) mass is 296 g/mol. The van der Waals surface area contributed by atoms with Crippen LogP contribution in [0.3, 0.4) is 0 Å². The highest BCUT2D eigenvalue weighted by atomic mass is 16.5. The van der Waals surface area contributed by atoms with E-state index in [2.05, 4.69) is 0 Å². The number of esters is 2. The quantitative estimate of drug-likeness (QED) is 0.685. The zero-order valence-electron chi connectivity index (χ0n) is 12.3. The molecule has 0 saturated heterocycles. The minimum atomic E-state index is -0.381. The molecule has 0 fully saturated rings. The topological polar surface area (TPSA) is 82.8 Å². The third-order valence-electron chi connectivity index (χ3n) is 2.64. The molecule has 0 unspecified atom stereocenters. The molecule has 6 nitrogen and oxygen atoms in total. The Labute approximate surface area is 123 Å². The van der Waals surface area contributed by atoms with E-state index in [1.807, 2.05) is 6.92 Å². The maximum Gasteiger partial charge on any atom is 0.306 e. The molecule has 21 heavy (non-hydrogen) atoms.